The summed E-state index contributed by atoms with van der Waals surface area (Å²) in [7, 11) is 0. The van der Waals surface area contributed by atoms with Crippen molar-refractivity contribution in [2.75, 3.05) is 5.32 Å². The molecule has 0 atom stereocenters. The molecule has 0 spiro atoms. The molecule has 26 heavy (non-hydrogen) atoms. The van der Waals surface area contributed by atoms with Gasteiger partial charge in [-0.2, -0.15) is 0 Å². The summed E-state index contributed by atoms with van der Waals surface area (Å²) in [6.07, 6.45) is 1.17. The van der Waals surface area contributed by atoms with Gasteiger partial charge in [-0.25, -0.2) is 0 Å². The van der Waals surface area contributed by atoms with Crippen LogP contribution in [0.2, 0.25) is 0 Å². The van der Waals surface area contributed by atoms with E-state index in [1.165, 1.54) is 11.1 Å². The molecule has 0 aliphatic carbocycles. The Kier molecular flexibility index (Phi) is 5.14. The molecule has 0 radical (unpaired) electrons. The number of carbonyl (C=O) groups is 1. The van der Waals surface area contributed by atoms with Crippen molar-refractivity contribution in [3.8, 4) is 0 Å². The van der Waals surface area contributed by atoms with Gasteiger partial charge in [-0.15, -0.1) is 0 Å². The first-order chi connectivity index (χ1) is 12.3. The molecule has 2 aromatic carbocycles. The Morgan fingerprint density at radius 3 is 2.46 bits per heavy atom. The number of fused-ring (bicyclic) bond motifs is 1. The van der Waals surface area contributed by atoms with Crippen LogP contribution in [0.4, 0.5) is 5.69 Å². The van der Waals surface area contributed by atoms with Crippen LogP contribution in [0, 0.1) is 0 Å². The summed E-state index contributed by atoms with van der Waals surface area (Å²) in [5.74, 6) is 0.00200. The normalized spacial score (nSPS) is 11.7. The van der Waals surface area contributed by atoms with Crippen molar-refractivity contribution in [1.29, 1.82) is 0 Å². The van der Waals surface area contributed by atoms with Gasteiger partial charge in [-0.1, -0.05) is 45.0 Å². The van der Waals surface area contributed by atoms with Crippen LogP contribution >= 0.6 is 0 Å². The Morgan fingerprint density at radius 1 is 1.08 bits per heavy atom. The fourth-order valence-electron chi connectivity index (χ4n) is 3.01. The van der Waals surface area contributed by atoms with Gasteiger partial charge in [0, 0.05) is 28.7 Å². The number of H-pyrrole nitrogens is 1. The smallest absolute Gasteiger partial charge is 0.224 e. The fourth-order valence-corrected chi connectivity index (χ4v) is 3.01. The third kappa shape index (κ3) is 4.33. The highest BCUT2D eigenvalue weighted by molar-refractivity contribution is 5.94. The molecule has 4 heteroatoms. The number of rotatable bonds is 5. The molecule has 0 unspecified atom stereocenters. The van der Waals surface area contributed by atoms with Crippen LogP contribution in [0.25, 0.3) is 10.9 Å². The minimum Gasteiger partial charge on any atom is -0.390 e. The molecule has 0 saturated heterocycles. The first-order valence-corrected chi connectivity index (χ1v) is 8.97. The number of aromatic nitrogens is 1. The Balaban J connectivity index is 1.58. The average Bonchev–Trinajstić information content (AvgIpc) is 3.02. The Bertz CT molecular complexity index is 902. The van der Waals surface area contributed by atoms with Gasteiger partial charge in [0.05, 0.1) is 6.61 Å². The zero-order valence-electron chi connectivity index (χ0n) is 15.6. The van der Waals surface area contributed by atoms with Crippen molar-refractivity contribution >= 4 is 22.5 Å². The van der Waals surface area contributed by atoms with Crippen molar-refractivity contribution in [1.82, 2.24) is 4.98 Å². The number of anilines is 1. The largest absolute Gasteiger partial charge is 0.390 e. The van der Waals surface area contributed by atoms with Gasteiger partial charge in [0.15, 0.2) is 0 Å². The number of nitrogens with one attached hydrogen (secondary N) is 2. The average molecular weight is 350 g/mol. The number of aromatic amines is 1. The highest BCUT2D eigenvalue weighted by atomic mass is 16.3. The predicted octanol–water partition coefficient (Wildman–Crippen LogP) is 4.53. The van der Waals surface area contributed by atoms with Gasteiger partial charge in [0.1, 0.15) is 0 Å². The second-order valence-electron chi connectivity index (χ2n) is 7.75. The summed E-state index contributed by atoms with van der Waals surface area (Å²) in [6, 6.07) is 16.1. The number of hydrogen-bond acceptors (Lipinski definition) is 2. The molecule has 136 valence electrons. The molecule has 0 saturated carbocycles. The molecule has 3 N–H and O–H groups in total. The minimum atomic E-state index is -0.0234. The van der Waals surface area contributed by atoms with Gasteiger partial charge in [-0.3, -0.25) is 4.79 Å². The van der Waals surface area contributed by atoms with E-state index in [9.17, 15) is 9.90 Å². The van der Waals surface area contributed by atoms with Gasteiger partial charge < -0.3 is 15.4 Å². The zero-order chi connectivity index (χ0) is 18.7. The number of hydrogen-bond donors (Lipinski definition) is 3. The molecule has 0 bridgehead atoms. The zero-order valence-corrected chi connectivity index (χ0v) is 15.6. The standard InChI is InChI=1S/C22H26N2O2/c1-22(2,3)17-7-4-15(5-8-17)6-11-21(26)24-18-9-10-20-16(12-18)13-19(14-25)23-20/h4-5,7-10,12-13,23,25H,6,11,14H2,1-3H3,(H,24,26). The fraction of sp³-hybridized carbons (Fsp3) is 0.318. The second kappa shape index (κ2) is 7.34. The molecule has 0 aliphatic rings. The van der Waals surface area contributed by atoms with E-state index in [4.69, 9.17) is 0 Å². The summed E-state index contributed by atoms with van der Waals surface area (Å²) >= 11 is 0. The molecule has 1 aromatic heterocycles. The number of amides is 1. The lowest BCUT2D eigenvalue weighted by Crippen LogP contribution is -2.13. The van der Waals surface area contributed by atoms with E-state index in [-0.39, 0.29) is 17.9 Å². The first kappa shape index (κ1) is 18.2. The molecule has 1 amide bonds. The summed E-state index contributed by atoms with van der Waals surface area (Å²) in [6.45, 7) is 6.56. The van der Waals surface area contributed by atoms with E-state index in [0.717, 1.165) is 28.7 Å². The van der Waals surface area contributed by atoms with Crippen LogP contribution < -0.4 is 5.32 Å². The monoisotopic (exact) mass is 350 g/mol. The van der Waals surface area contributed by atoms with Crippen LogP contribution in [0.1, 0.15) is 44.0 Å². The van der Waals surface area contributed by atoms with Crippen LogP contribution in [0.3, 0.4) is 0 Å². The van der Waals surface area contributed by atoms with Crippen LogP contribution in [-0.4, -0.2) is 16.0 Å². The topological polar surface area (TPSA) is 65.1 Å². The quantitative estimate of drug-likeness (QED) is 0.633. The molecule has 3 aromatic rings. The second-order valence-corrected chi connectivity index (χ2v) is 7.75. The Morgan fingerprint density at radius 2 is 1.81 bits per heavy atom. The number of benzene rings is 2. The lowest BCUT2D eigenvalue weighted by molar-refractivity contribution is -0.116. The van der Waals surface area contributed by atoms with E-state index in [1.807, 2.05) is 24.3 Å². The van der Waals surface area contributed by atoms with Crippen molar-refractivity contribution < 1.29 is 9.90 Å². The maximum Gasteiger partial charge on any atom is 0.224 e. The van der Waals surface area contributed by atoms with Gasteiger partial charge >= 0.3 is 0 Å². The molecule has 4 nitrogen and oxygen atoms in total. The third-order valence-electron chi connectivity index (χ3n) is 4.59. The molecular formula is C22H26N2O2. The van der Waals surface area contributed by atoms with Crippen LogP contribution in [-0.2, 0) is 23.2 Å². The summed E-state index contributed by atoms with van der Waals surface area (Å²) in [4.78, 5) is 15.4. The SMILES string of the molecule is CC(C)(C)c1ccc(CCC(=O)Nc2ccc3[nH]c(CO)cc3c2)cc1. The molecule has 3 rings (SSSR count). The minimum absolute atomic E-state index is 0.00200. The van der Waals surface area contributed by atoms with E-state index in [1.54, 1.807) is 0 Å². The van der Waals surface area contributed by atoms with Crippen molar-refractivity contribution in [3.63, 3.8) is 0 Å². The highest BCUT2D eigenvalue weighted by Crippen LogP contribution is 2.23. The number of aliphatic hydroxyl groups excluding tert-OH is 1. The van der Waals surface area contributed by atoms with Gasteiger partial charge in [0.25, 0.3) is 0 Å². The van der Waals surface area contributed by atoms with Crippen molar-refractivity contribution in [2.45, 2.75) is 45.6 Å². The van der Waals surface area contributed by atoms with Crippen molar-refractivity contribution in [2.24, 2.45) is 0 Å². The number of aryl methyl sites for hydroxylation is 1. The molecular weight excluding hydrogens is 324 g/mol. The summed E-state index contributed by atoms with van der Waals surface area (Å²) in [5.41, 5.74) is 5.10. The van der Waals surface area contributed by atoms with Crippen molar-refractivity contribution in [3.05, 3.63) is 65.4 Å². The van der Waals surface area contributed by atoms with Gasteiger partial charge in [0.2, 0.25) is 5.91 Å². The lowest BCUT2D eigenvalue weighted by Gasteiger charge is -2.19. The highest BCUT2D eigenvalue weighted by Gasteiger charge is 2.13. The lowest BCUT2D eigenvalue weighted by atomic mass is 9.86. The third-order valence-corrected chi connectivity index (χ3v) is 4.59. The van der Waals surface area contributed by atoms with E-state index >= 15 is 0 Å². The van der Waals surface area contributed by atoms with E-state index < -0.39 is 0 Å². The maximum absolute atomic E-state index is 12.3. The first-order valence-electron chi connectivity index (χ1n) is 8.97. The van der Waals surface area contributed by atoms with Gasteiger partial charge in [-0.05, 0) is 47.2 Å². The number of aliphatic hydroxyl groups is 1. The maximum atomic E-state index is 12.3. The molecule has 0 aliphatic heterocycles. The molecule has 1 heterocycles. The van der Waals surface area contributed by atoms with E-state index in [0.29, 0.717) is 6.42 Å². The van der Waals surface area contributed by atoms with Crippen LogP contribution in [0.5, 0.6) is 0 Å². The molecule has 0 fully saturated rings. The van der Waals surface area contributed by atoms with E-state index in [2.05, 4.69) is 55.3 Å². The predicted molar refractivity (Wildman–Crippen MR) is 106 cm³/mol. The Labute approximate surface area is 154 Å². The summed E-state index contributed by atoms with van der Waals surface area (Å²) < 4.78 is 0. The van der Waals surface area contributed by atoms with Crippen LogP contribution in [0.15, 0.2) is 48.5 Å². The summed E-state index contributed by atoms with van der Waals surface area (Å²) in [5, 5.41) is 13.1. The number of carbonyl (C=O) groups excluding carboxylic acids is 1. The Hall–Kier alpha value is -2.59.